The van der Waals surface area contributed by atoms with Crippen molar-refractivity contribution in [1.82, 2.24) is 9.88 Å². The zero-order chi connectivity index (χ0) is 16.7. The van der Waals surface area contributed by atoms with Crippen LogP contribution in [0.1, 0.15) is 52.0 Å². The first-order valence-electron chi connectivity index (χ1n) is 8.22. The van der Waals surface area contributed by atoms with Crippen molar-refractivity contribution in [2.75, 3.05) is 6.54 Å². The van der Waals surface area contributed by atoms with E-state index in [0.29, 0.717) is 30.0 Å². The molecular formula is C19H18N2O3. The van der Waals surface area contributed by atoms with Crippen LogP contribution in [0.15, 0.2) is 42.6 Å². The molecule has 1 aliphatic carbocycles. The molecule has 5 nitrogen and oxygen atoms in total. The van der Waals surface area contributed by atoms with Crippen LogP contribution in [0.25, 0.3) is 0 Å². The van der Waals surface area contributed by atoms with Crippen LogP contribution >= 0.6 is 0 Å². The van der Waals surface area contributed by atoms with E-state index in [9.17, 15) is 14.7 Å². The summed E-state index contributed by atoms with van der Waals surface area (Å²) in [6.45, 7) is 0.411. The number of rotatable bonds is 3. The van der Waals surface area contributed by atoms with Gasteiger partial charge >= 0.3 is 5.97 Å². The summed E-state index contributed by atoms with van der Waals surface area (Å²) in [5.74, 6) is -0.775. The third-order valence-corrected chi connectivity index (χ3v) is 4.80. The molecule has 24 heavy (non-hydrogen) atoms. The lowest BCUT2D eigenvalue weighted by Gasteiger charge is -2.34. The summed E-state index contributed by atoms with van der Waals surface area (Å²) in [6, 6.07) is 10.0. The van der Waals surface area contributed by atoms with Gasteiger partial charge in [-0.15, -0.1) is 0 Å². The van der Waals surface area contributed by atoms with Crippen molar-refractivity contribution in [2.24, 2.45) is 0 Å². The number of fused-ring (bicyclic) bond motifs is 1. The Balaban J connectivity index is 1.68. The number of hydrogen-bond acceptors (Lipinski definition) is 3. The Bertz CT molecular complexity index is 814. The van der Waals surface area contributed by atoms with Gasteiger partial charge in [-0.2, -0.15) is 0 Å². The van der Waals surface area contributed by atoms with Crippen molar-refractivity contribution in [3.05, 3.63) is 65.0 Å². The monoisotopic (exact) mass is 322 g/mol. The second-order valence-electron chi connectivity index (χ2n) is 6.43. The molecule has 0 bridgehead atoms. The maximum Gasteiger partial charge on any atom is 0.331 e. The Morgan fingerprint density at radius 3 is 2.71 bits per heavy atom. The molecule has 1 fully saturated rings. The fourth-order valence-corrected chi connectivity index (χ4v) is 3.40. The van der Waals surface area contributed by atoms with E-state index in [4.69, 9.17) is 0 Å². The van der Waals surface area contributed by atoms with Crippen molar-refractivity contribution in [2.45, 2.75) is 31.2 Å². The van der Waals surface area contributed by atoms with Crippen molar-refractivity contribution >= 4 is 11.9 Å². The van der Waals surface area contributed by atoms with Gasteiger partial charge in [0.2, 0.25) is 0 Å². The summed E-state index contributed by atoms with van der Waals surface area (Å²) in [7, 11) is 0. The minimum atomic E-state index is -0.994. The highest BCUT2D eigenvalue weighted by molar-refractivity contribution is 5.97. The summed E-state index contributed by atoms with van der Waals surface area (Å²) in [6.07, 6.45) is 4.54. The van der Waals surface area contributed by atoms with Gasteiger partial charge in [0.05, 0.1) is 0 Å². The van der Waals surface area contributed by atoms with Crippen molar-refractivity contribution in [1.29, 1.82) is 0 Å². The lowest BCUT2D eigenvalue weighted by atomic mass is 9.92. The van der Waals surface area contributed by atoms with E-state index < -0.39 is 12.0 Å². The number of carbonyl (C=O) groups is 2. The van der Waals surface area contributed by atoms with E-state index in [1.807, 2.05) is 24.3 Å². The molecule has 1 atom stereocenters. The Labute approximate surface area is 139 Å². The number of benzene rings is 1. The summed E-state index contributed by atoms with van der Waals surface area (Å²) in [5.41, 5.74) is 3.17. The number of carboxylic acids is 1. The van der Waals surface area contributed by atoms with Gasteiger partial charge in [-0.05, 0) is 42.5 Å². The van der Waals surface area contributed by atoms with Crippen molar-refractivity contribution in [3.8, 4) is 0 Å². The highest BCUT2D eigenvalue weighted by Gasteiger charge is 2.36. The third kappa shape index (κ3) is 2.56. The van der Waals surface area contributed by atoms with Crippen LogP contribution in [0.2, 0.25) is 0 Å². The molecule has 1 aromatic carbocycles. The van der Waals surface area contributed by atoms with Gasteiger partial charge in [-0.25, -0.2) is 4.79 Å². The summed E-state index contributed by atoms with van der Waals surface area (Å²) in [4.78, 5) is 30.6. The third-order valence-electron chi connectivity index (χ3n) is 4.80. The predicted octanol–water partition coefficient (Wildman–Crippen LogP) is 2.78. The van der Waals surface area contributed by atoms with E-state index in [-0.39, 0.29) is 5.91 Å². The Morgan fingerprint density at radius 1 is 1.17 bits per heavy atom. The number of carbonyl (C=O) groups excluding carboxylic acids is 1. The molecule has 2 heterocycles. The number of amides is 1. The smallest absolute Gasteiger partial charge is 0.331 e. The van der Waals surface area contributed by atoms with Crippen LogP contribution in [-0.4, -0.2) is 33.4 Å². The lowest BCUT2D eigenvalue weighted by molar-refractivity contribution is -0.143. The van der Waals surface area contributed by atoms with Crippen LogP contribution in [0.3, 0.4) is 0 Å². The van der Waals surface area contributed by atoms with Gasteiger partial charge < -0.3 is 10.0 Å². The van der Waals surface area contributed by atoms with Crippen molar-refractivity contribution < 1.29 is 14.7 Å². The highest BCUT2D eigenvalue weighted by atomic mass is 16.4. The Hall–Kier alpha value is -2.69. The molecule has 122 valence electrons. The molecule has 5 heteroatoms. The number of pyridine rings is 1. The summed E-state index contributed by atoms with van der Waals surface area (Å²) >= 11 is 0. The van der Waals surface area contributed by atoms with Gasteiger partial charge in [0.15, 0.2) is 6.04 Å². The van der Waals surface area contributed by atoms with Gasteiger partial charge in [0.25, 0.3) is 5.91 Å². The molecule has 0 spiro atoms. The van der Waals surface area contributed by atoms with E-state index in [1.165, 1.54) is 4.90 Å². The van der Waals surface area contributed by atoms with Gasteiger partial charge in [0.1, 0.15) is 0 Å². The summed E-state index contributed by atoms with van der Waals surface area (Å²) in [5, 5.41) is 9.70. The topological polar surface area (TPSA) is 70.5 Å². The highest BCUT2D eigenvalue weighted by Crippen LogP contribution is 2.39. The molecule has 2 aromatic rings. The van der Waals surface area contributed by atoms with Gasteiger partial charge in [0, 0.05) is 29.9 Å². The number of hydrogen-bond donors (Lipinski definition) is 1. The molecule has 0 radical (unpaired) electrons. The minimum absolute atomic E-state index is 0.235. The molecule has 1 amide bonds. The molecule has 2 aliphatic rings. The average Bonchev–Trinajstić information content (AvgIpc) is 3.45. The lowest BCUT2D eigenvalue weighted by Crippen LogP contribution is -2.43. The molecular weight excluding hydrogens is 304 g/mol. The average molecular weight is 322 g/mol. The molecule has 1 unspecified atom stereocenters. The van der Waals surface area contributed by atoms with E-state index in [0.717, 1.165) is 24.1 Å². The fraction of sp³-hybridized carbons (Fsp3) is 0.316. The second kappa shape index (κ2) is 5.74. The molecule has 1 aliphatic heterocycles. The molecule has 1 aromatic heterocycles. The van der Waals surface area contributed by atoms with Crippen LogP contribution in [0, 0.1) is 0 Å². The van der Waals surface area contributed by atoms with E-state index >= 15 is 0 Å². The summed E-state index contributed by atoms with van der Waals surface area (Å²) < 4.78 is 0. The van der Waals surface area contributed by atoms with Crippen molar-refractivity contribution in [3.63, 3.8) is 0 Å². The predicted molar refractivity (Wildman–Crippen MR) is 87.8 cm³/mol. The first-order valence-corrected chi connectivity index (χ1v) is 8.22. The normalized spacial score (nSPS) is 19.7. The number of aromatic nitrogens is 1. The second-order valence-corrected chi connectivity index (χ2v) is 6.43. The Morgan fingerprint density at radius 2 is 1.96 bits per heavy atom. The molecule has 4 rings (SSSR count). The number of carboxylic acid groups (broad SMARTS) is 1. The van der Waals surface area contributed by atoms with Crippen LogP contribution in [0.5, 0.6) is 0 Å². The fourth-order valence-electron chi connectivity index (χ4n) is 3.40. The first-order chi connectivity index (χ1) is 11.6. The van der Waals surface area contributed by atoms with E-state index in [2.05, 4.69) is 4.98 Å². The maximum atomic E-state index is 13.0. The molecule has 1 saturated carbocycles. The number of nitrogens with zero attached hydrogens (tertiary/aromatic N) is 2. The largest absolute Gasteiger partial charge is 0.479 e. The Kier molecular flexibility index (Phi) is 3.56. The number of aliphatic carboxylic acids is 1. The maximum absolute atomic E-state index is 13.0. The van der Waals surface area contributed by atoms with Crippen LogP contribution in [0.4, 0.5) is 0 Å². The standard InChI is InChI=1S/C19H18N2O3/c22-18(14-7-9-20-16(11-14)13-5-6-13)21-10-8-12-3-1-2-4-15(12)17(21)19(23)24/h1-4,7,9,11,13,17H,5-6,8,10H2,(H,23,24). The van der Waals surface area contributed by atoms with Crippen LogP contribution < -0.4 is 0 Å². The van der Waals surface area contributed by atoms with Gasteiger partial charge in [-0.1, -0.05) is 24.3 Å². The molecule has 1 N–H and O–H groups in total. The zero-order valence-corrected chi connectivity index (χ0v) is 13.2. The van der Waals surface area contributed by atoms with Gasteiger partial charge in [-0.3, -0.25) is 9.78 Å². The SMILES string of the molecule is O=C(O)C1c2ccccc2CCN1C(=O)c1ccnc(C2CC2)c1. The quantitative estimate of drug-likeness (QED) is 0.943. The van der Waals surface area contributed by atoms with E-state index in [1.54, 1.807) is 18.3 Å². The first kappa shape index (κ1) is 14.9. The zero-order valence-electron chi connectivity index (χ0n) is 13.2. The van der Waals surface area contributed by atoms with Crippen LogP contribution in [-0.2, 0) is 11.2 Å². The molecule has 0 saturated heterocycles. The minimum Gasteiger partial charge on any atom is -0.479 e.